The number of ether oxygens (including phenoxy) is 6. The van der Waals surface area contributed by atoms with Crippen LogP contribution in [0.15, 0.2) is 0 Å². The predicted molar refractivity (Wildman–Crippen MR) is 478 cm³/mol. The number of carbonyl (C=O) groups is 4. The number of alkyl halides is 12. The summed E-state index contributed by atoms with van der Waals surface area (Å²) < 4.78 is 233. The molecule has 12 aliphatic rings. The minimum absolute atomic E-state index is 0. The zero-order valence-corrected chi connectivity index (χ0v) is 78.6. The second kappa shape index (κ2) is 48.7. The molecule has 0 heterocycles. The largest absolute Gasteiger partial charge is 0.510 e. The third-order valence-electron chi connectivity index (χ3n) is 26.8. The second-order valence-electron chi connectivity index (χ2n) is 40.3. The molecule has 12 rings (SSSR count). The second-order valence-corrected chi connectivity index (χ2v) is 54.8. The van der Waals surface area contributed by atoms with Crippen molar-refractivity contribution in [1.82, 2.24) is 0 Å². The average molecular weight is 1890 g/mol. The van der Waals surface area contributed by atoms with Gasteiger partial charge in [0.1, 0.15) is 22.4 Å². The van der Waals surface area contributed by atoms with Gasteiger partial charge in [0.25, 0.3) is 0 Å². The molecule has 12 aliphatic carbocycles. The minimum atomic E-state index is -5.79. The predicted octanol–water partition coefficient (Wildman–Crippen LogP) is 27.6. The summed E-state index contributed by atoms with van der Waals surface area (Å²) in [4.78, 5) is 47.9. The van der Waals surface area contributed by atoms with Crippen molar-refractivity contribution < 1.29 is 136 Å². The monoisotopic (exact) mass is 1890 g/mol. The molecule has 0 N–H and O–H groups in total. The van der Waals surface area contributed by atoms with E-state index in [1.165, 1.54) is 86.5 Å². The summed E-state index contributed by atoms with van der Waals surface area (Å²) in [6.45, 7) is 35.8. The number of rotatable bonds is 16. The van der Waals surface area contributed by atoms with Gasteiger partial charge < -0.3 is 63.8 Å². The first-order valence-electron chi connectivity index (χ1n) is 41.6. The number of halogens is 12. The van der Waals surface area contributed by atoms with Gasteiger partial charge in [-0.05, 0) is 345 Å². The fourth-order valence-electron chi connectivity index (χ4n) is 20.7. The van der Waals surface area contributed by atoms with Crippen LogP contribution in [0.3, 0.4) is 0 Å². The van der Waals surface area contributed by atoms with Crippen molar-refractivity contribution in [3.8, 4) is 0 Å². The maximum absolute atomic E-state index is 13.9. The first-order chi connectivity index (χ1) is 52.7. The topological polar surface area (TPSA) is 197 Å². The maximum atomic E-state index is 13.9. The average Bonchev–Trinajstić information content (AvgIpc) is 1.54. The van der Waals surface area contributed by atoms with E-state index in [0.29, 0.717) is 61.7 Å². The lowest BCUT2D eigenvalue weighted by Crippen LogP contribution is -2.61. The Labute approximate surface area is 747 Å². The van der Waals surface area contributed by atoms with Crippen LogP contribution in [0.2, 0.25) is 52.4 Å². The van der Waals surface area contributed by atoms with Gasteiger partial charge in [0, 0.05) is 69.7 Å². The number of fused-ring (bicyclic) bond motifs is 22. The summed E-state index contributed by atoms with van der Waals surface area (Å²) in [5, 5.41) is 0. The minimum Gasteiger partial charge on any atom is -0.460 e. The standard InChI is InChI=1S/C21H28F6O3.C17H26O2.C16H22F6O3.C12H20O2.4C4H12O2Si.8CH4/c1-18(2,3)29-17(28)30-19(20(22,23)24,21(25,26)27)9-13-7-12-8-14(13)16-11-5-4-10(6-11)15(12)16;1-17(2,3)19-16(18)13-8-11-7-12(13)15-10-5-4-9(6-10)14(11)15;1-13(2,3)24-12(23)25-14(15(17,18)19,16(20,21)22)8-11-7-9-4-5-10(11)6-9;1-12(2,3)14-11(13)10-7-8-4-5-9(10)6-8;4*1-5-7(3,4)6-2;;;;;;;;/h10-16H,4-9H2,1-3H3;9-15H,4-8H2,1-3H3;9-11H,4-8H2,1-3H3;8-10H,4-7H2,1-3H3;4*1-4H3;8*1H4. The zero-order valence-electron chi connectivity index (χ0n) is 74.6. The molecule has 20 unspecified atom stereocenters. The van der Waals surface area contributed by atoms with Crippen molar-refractivity contribution in [2.24, 2.45) is 118 Å². The van der Waals surface area contributed by atoms with Crippen LogP contribution in [-0.2, 0) is 73.4 Å². The van der Waals surface area contributed by atoms with E-state index in [1.54, 1.807) is 56.9 Å². The lowest BCUT2D eigenvalue weighted by Gasteiger charge is -2.43. The molecule has 0 aromatic carbocycles. The van der Waals surface area contributed by atoms with Gasteiger partial charge >= 0.3 is 94.4 Å². The Morgan fingerprint density at radius 2 is 0.532 bits per heavy atom. The van der Waals surface area contributed by atoms with E-state index in [2.05, 4.69) is 18.9 Å². The van der Waals surface area contributed by atoms with Gasteiger partial charge in [-0.1, -0.05) is 72.3 Å². The third kappa shape index (κ3) is 34.0. The number of carbonyl (C=O) groups excluding carboxylic acids is 4. The normalized spacial score (nSPS) is 29.3. The van der Waals surface area contributed by atoms with E-state index in [-0.39, 0.29) is 124 Å². The summed E-state index contributed by atoms with van der Waals surface area (Å²) in [5.74, 6) is 7.59. The Balaban J connectivity index is -0.000000699. The Kier molecular flexibility index (Phi) is 50.1. The van der Waals surface area contributed by atoms with E-state index in [0.717, 1.165) is 74.0 Å². The molecule has 18 nitrogen and oxygen atoms in total. The Hall–Kier alpha value is -2.81. The van der Waals surface area contributed by atoms with Crippen molar-refractivity contribution in [3.05, 3.63) is 0 Å². The van der Waals surface area contributed by atoms with Crippen molar-refractivity contribution >= 4 is 58.5 Å². The molecule has 20 atom stereocenters. The molecular formula is C90H176F12O18Si4. The Bertz CT molecular complexity index is 3020. The molecular weight excluding hydrogens is 1710 g/mol. The van der Waals surface area contributed by atoms with Gasteiger partial charge in [-0.15, -0.1) is 0 Å². The van der Waals surface area contributed by atoms with Crippen LogP contribution in [0.1, 0.15) is 271 Å². The van der Waals surface area contributed by atoms with Crippen molar-refractivity contribution in [1.29, 1.82) is 0 Å². The highest BCUT2D eigenvalue weighted by Gasteiger charge is 2.78. The zero-order chi connectivity index (χ0) is 88.9. The van der Waals surface area contributed by atoms with E-state index in [4.69, 9.17) is 44.9 Å². The van der Waals surface area contributed by atoms with E-state index >= 15 is 0 Å². The van der Waals surface area contributed by atoms with Crippen LogP contribution in [0.4, 0.5) is 62.3 Å². The molecule has 744 valence electrons. The number of hydrogen-bond acceptors (Lipinski definition) is 18. The highest BCUT2D eigenvalue weighted by Crippen LogP contribution is 2.72. The van der Waals surface area contributed by atoms with E-state index in [1.807, 2.05) is 93.9 Å². The number of esters is 2. The quantitative estimate of drug-likeness (QED) is 0.0464. The van der Waals surface area contributed by atoms with Crippen molar-refractivity contribution in [2.75, 3.05) is 56.9 Å². The van der Waals surface area contributed by atoms with Crippen LogP contribution in [0.5, 0.6) is 0 Å². The summed E-state index contributed by atoms with van der Waals surface area (Å²) in [6.07, 6.45) is -11.2. The van der Waals surface area contributed by atoms with Crippen molar-refractivity contribution in [3.63, 3.8) is 0 Å². The molecule has 124 heavy (non-hydrogen) atoms. The molecule has 12 fully saturated rings. The van der Waals surface area contributed by atoms with Crippen LogP contribution in [-0.4, -0.2) is 174 Å². The Morgan fingerprint density at radius 1 is 0.266 bits per heavy atom. The molecule has 34 heteroatoms. The smallest absolute Gasteiger partial charge is 0.460 e. The molecule has 0 radical (unpaired) electrons. The van der Waals surface area contributed by atoms with Crippen LogP contribution in [0, 0.1) is 118 Å². The molecule has 0 aromatic heterocycles. The lowest BCUT2D eigenvalue weighted by atomic mass is 9.65. The van der Waals surface area contributed by atoms with Gasteiger partial charge in [-0.25, -0.2) is 9.59 Å². The first kappa shape index (κ1) is 127. The summed E-state index contributed by atoms with van der Waals surface area (Å²) >= 11 is 0. The fraction of sp³-hybridized carbons (Fsp3) is 0.956. The van der Waals surface area contributed by atoms with Crippen LogP contribution in [0.25, 0.3) is 0 Å². The van der Waals surface area contributed by atoms with Gasteiger partial charge in [-0.3, -0.25) is 9.59 Å². The molecule has 0 saturated heterocycles. The summed E-state index contributed by atoms with van der Waals surface area (Å²) in [5.41, 5.74) is -12.3. The van der Waals surface area contributed by atoms with Gasteiger partial charge in [0.15, 0.2) is 0 Å². The Morgan fingerprint density at radius 3 is 0.798 bits per heavy atom. The molecule has 12 saturated carbocycles. The van der Waals surface area contributed by atoms with Crippen LogP contribution < -0.4 is 0 Å². The molecule has 0 amide bonds. The molecule has 0 aromatic rings. The third-order valence-corrected chi connectivity index (χ3v) is 34.7. The van der Waals surface area contributed by atoms with Gasteiger partial charge in [0.2, 0.25) is 0 Å². The SMILES string of the molecule is C.C.C.C.C.C.C.C.CC(C)(C)OC(=O)C1CC2CC1C1C3CCC(C3)C21.CC(C)(C)OC(=O)C1CC2CCC1C2.CC(C)(C)OC(=O)OC(CC1CC2CC1C1C3CCC(C3)C21)(C(F)(F)F)C(F)(F)F.CC(C)(C)OC(=O)OC(CC1CC2CCC1C2)(C(F)(F)F)C(F)(F)F.CO[Si](C)(C)OC.CO[Si](C)(C)OC.CO[Si](C)(C)OC.CO[Si](C)(C)OC. The van der Waals surface area contributed by atoms with E-state index < -0.39 is 118 Å². The van der Waals surface area contributed by atoms with Gasteiger partial charge in [0.05, 0.1) is 11.8 Å². The van der Waals surface area contributed by atoms with Crippen LogP contribution >= 0.6 is 0 Å². The first-order valence-corrected chi connectivity index (χ1v) is 52.9. The maximum Gasteiger partial charge on any atom is 0.510 e. The lowest BCUT2D eigenvalue weighted by molar-refractivity contribution is -0.375. The molecule has 0 aliphatic heterocycles. The molecule has 0 spiro atoms. The number of hydrogen-bond donors (Lipinski definition) is 0. The summed E-state index contributed by atoms with van der Waals surface area (Å²) in [7, 11) is 6.81. The highest BCUT2D eigenvalue weighted by molar-refractivity contribution is 6.65. The van der Waals surface area contributed by atoms with Gasteiger partial charge in [-0.2, -0.15) is 52.7 Å². The molecule has 12 bridgehead atoms. The fourth-order valence-corrected chi connectivity index (χ4v) is 21.4. The van der Waals surface area contributed by atoms with Crippen molar-refractivity contribution in [2.45, 2.75) is 382 Å². The summed E-state index contributed by atoms with van der Waals surface area (Å²) in [6, 6.07) is 0. The highest BCUT2D eigenvalue weighted by atomic mass is 28.4. The van der Waals surface area contributed by atoms with E-state index in [9.17, 15) is 71.9 Å².